The van der Waals surface area contributed by atoms with Crippen LogP contribution in [0.2, 0.25) is 0 Å². The summed E-state index contributed by atoms with van der Waals surface area (Å²) in [6.07, 6.45) is 3.70. The molecule has 0 saturated heterocycles. The van der Waals surface area contributed by atoms with Gasteiger partial charge in [-0.05, 0) is 37.0 Å². The van der Waals surface area contributed by atoms with E-state index in [4.69, 9.17) is 9.47 Å². The van der Waals surface area contributed by atoms with E-state index < -0.39 is 28.5 Å². The van der Waals surface area contributed by atoms with Gasteiger partial charge in [-0.1, -0.05) is 50.6 Å². The summed E-state index contributed by atoms with van der Waals surface area (Å²) in [7, 11) is -1.000. The molecule has 37 heavy (non-hydrogen) atoms. The second-order valence-electron chi connectivity index (χ2n) is 8.70. The van der Waals surface area contributed by atoms with E-state index in [1.54, 1.807) is 12.1 Å². The largest absolute Gasteiger partial charge is 0.497 e. The lowest BCUT2D eigenvalue weighted by Crippen LogP contribution is -2.53. The highest BCUT2D eigenvalue weighted by molar-refractivity contribution is 7.92. The van der Waals surface area contributed by atoms with Gasteiger partial charge in [0.25, 0.3) is 0 Å². The first-order chi connectivity index (χ1) is 17.7. The Kier molecular flexibility index (Phi) is 11.7. The Labute approximate surface area is 220 Å². The molecule has 0 aliphatic carbocycles. The molecule has 0 fully saturated rings. The summed E-state index contributed by atoms with van der Waals surface area (Å²) in [5, 5.41) is 2.92. The van der Waals surface area contributed by atoms with Crippen LogP contribution in [0.3, 0.4) is 0 Å². The van der Waals surface area contributed by atoms with E-state index in [1.807, 2.05) is 44.2 Å². The highest BCUT2D eigenvalue weighted by Gasteiger charge is 2.32. The number of rotatable bonds is 15. The Morgan fingerprint density at radius 2 is 1.73 bits per heavy atom. The number of sulfonamides is 1. The van der Waals surface area contributed by atoms with Crippen LogP contribution in [0.4, 0.5) is 5.69 Å². The van der Waals surface area contributed by atoms with Gasteiger partial charge in [-0.2, -0.15) is 0 Å². The smallest absolute Gasteiger partial charge is 0.244 e. The third-order valence-electron chi connectivity index (χ3n) is 6.03. The van der Waals surface area contributed by atoms with Crippen LogP contribution >= 0.6 is 0 Å². The molecule has 0 saturated carbocycles. The minimum atomic E-state index is -3.89. The monoisotopic (exact) mass is 533 g/mol. The quantitative estimate of drug-likeness (QED) is 0.353. The molecular weight excluding hydrogens is 494 g/mol. The number of hydrogen-bond donors (Lipinski definition) is 1. The molecule has 2 aromatic carbocycles. The number of hydrogen-bond acceptors (Lipinski definition) is 6. The van der Waals surface area contributed by atoms with Crippen LogP contribution in [-0.4, -0.2) is 71.3 Å². The maximum Gasteiger partial charge on any atom is 0.244 e. The first-order valence-corrected chi connectivity index (χ1v) is 14.3. The molecule has 0 aliphatic rings. The van der Waals surface area contributed by atoms with Crippen molar-refractivity contribution in [1.82, 2.24) is 10.2 Å². The highest BCUT2D eigenvalue weighted by Crippen LogP contribution is 2.33. The Bertz CT molecular complexity index is 1120. The number of nitrogens with zero attached hydrogens (tertiary/aromatic N) is 2. The lowest BCUT2D eigenvalue weighted by atomic mass is 10.1. The fourth-order valence-electron chi connectivity index (χ4n) is 3.99. The molecule has 0 aromatic heterocycles. The van der Waals surface area contributed by atoms with Crippen LogP contribution in [0.5, 0.6) is 11.5 Å². The summed E-state index contributed by atoms with van der Waals surface area (Å²) in [6, 6.07) is 13.6. The van der Waals surface area contributed by atoms with Gasteiger partial charge in [0.15, 0.2) is 0 Å². The Morgan fingerprint density at radius 3 is 2.30 bits per heavy atom. The number of methoxy groups -OCH3 is 2. The topological polar surface area (TPSA) is 105 Å². The number of anilines is 1. The third kappa shape index (κ3) is 8.66. The van der Waals surface area contributed by atoms with Crippen LogP contribution < -0.4 is 19.1 Å². The van der Waals surface area contributed by atoms with E-state index in [2.05, 4.69) is 5.32 Å². The number of ether oxygens (including phenoxy) is 2. The Balaban J connectivity index is 2.42. The van der Waals surface area contributed by atoms with Crippen molar-refractivity contribution < 1.29 is 27.5 Å². The van der Waals surface area contributed by atoms with Gasteiger partial charge in [0.2, 0.25) is 21.8 Å². The maximum atomic E-state index is 13.8. The summed E-state index contributed by atoms with van der Waals surface area (Å²) in [5.74, 6) is -0.0373. The number of nitrogens with one attached hydrogen (secondary N) is 1. The lowest BCUT2D eigenvalue weighted by Gasteiger charge is -2.33. The van der Waals surface area contributed by atoms with Gasteiger partial charge in [0.05, 0.1) is 26.2 Å². The van der Waals surface area contributed by atoms with Crippen LogP contribution in [0.15, 0.2) is 48.5 Å². The number of carbonyl (C=O) groups is 2. The van der Waals surface area contributed by atoms with Crippen molar-refractivity contribution in [2.75, 3.05) is 44.4 Å². The normalized spacial score (nSPS) is 11.9. The summed E-state index contributed by atoms with van der Waals surface area (Å²) in [6.45, 7) is 4.16. The predicted molar refractivity (Wildman–Crippen MR) is 146 cm³/mol. The van der Waals surface area contributed by atoms with Crippen molar-refractivity contribution in [1.29, 1.82) is 0 Å². The van der Waals surface area contributed by atoms with Gasteiger partial charge in [0.1, 0.15) is 24.1 Å². The van der Waals surface area contributed by atoms with E-state index in [0.29, 0.717) is 25.1 Å². The zero-order chi connectivity index (χ0) is 27.4. The molecule has 9 nitrogen and oxygen atoms in total. The van der Waals surface area contributed by atoms with Gasteiger partial charge >= 0.3 is 0 Å². The molecule has 2 rings (SSSR count). The molecule has 10 heteroatoms. The second-order valence-corrected chi connectivity index (χ2v) is 10.6. The minimum Gasteiger partial charge on any atom is -0.497 e. The minimum absolute atomic E-state index is 0.182. The van der Waals surface area contributed by atoms with Crippen LogP contribution in [0.1, 0.15) is 38.7 Å². The first-order valence-electron chi connectivity index (χ1n) is 12.5. The van der Waals surface area contributed by atoms with Gasteiger partial charge < -0.3 is 19.7 Å². The molecule has 1 N–H and O–H groups in total. The molecule has 1 atom stereocenters. The van der Waals surface area contributed by atoms with Crippen molar-refractivity contribution >= 4 is 27.5 Å². The van der Waals surface area contributed by atoms with Gasteiger partial charge in [-0.25, -0.2) is 8.42 Å². The van der Waals surface area contributed by atoms with Crippen molar-refractivity contribution in [3.8, 4) is 11.5 Å². The van der Waals surface area contributed by atoms with E-state index in [-0.39, 0.29) is 23.9 Å². The molecule has 0 heterocycles. The van der Waals surface area contributed by atoms with Gasteiger partial charge in [-0.3, -0.25) is 13.9 Å². The molecule has 0 unspecified atom stereocenters. The highest BCUT2D eigenvalue weighted by atomic mass is 32.2. The molecule has 204 valence electrons. The zero-order valence-corrected chi connectivity index (χ0v) is 23.2. The number of amides is 2. The molecular formula is C27H39N3O6S. The zero-order valence-electron chi connectivity index (χ0n) is 22.4. The summed E-state index contributed by atoms with van der Waals surface area (Å²) < 4.78 is 37.4. The standard InChI is InChI=1S/C27H39N3O6S/c1-6-8-17-28-27(32)23(7-2)29(18-16-21-12-10-9-11-13-21)26(31)20-30(37(5,33)34)24-19-22(35-3)14-15-25(24)36-4/h9-15,19,23H,6-8,16-18,20H2,1-5H3,(H,28,32)/t23-/m0/s1. The van der Waals surface area contributed by atoms with E-state index in [0.717, 1.165) is 29.0 Å². The number of benzene rings is 2. The summed E-state index contributed by atoms with van der Waals surface area (Å²) in [5.41, 5.74) is 1.19. The summed E-state index contributed by atoms with van der Waals surface area (Å²) >= 11 is 0. The van der Waals surface area contributed by atoms with Gasteiger partial charge in [0, 0.05) is 19.2 Å². The maximum absolute atomic E-state index is 13.8. The van der Waals surface area contributed by atoms with Gasteiger partial charge in [-0.15, -0.1) is 0 Å². The average molecular weight is 534 g/mol. The first kappa shape index (κ1) is 30.0. The number of carbonyl (C=O) groups excluding carboxylic acids is 2. The Hall–Kier alpha value is -3.27. The van der Waals surface area contributed by atoms with Crippen molar-refractivity contribution in [2.45, 2.75) is 45.6 Å². The fraction of sp³-hybridized carbons (Fsp3) is 0.481. The van der Waals surface area contributed by atoms with Crippen LogP contribution in [0, 0.1) is 0 Å². The summed E-state index contributed by atoms with van der Waals surface area (Å²) in [4.78, 5) is 28.3. The molecule has 0 aliphatic heterocycles. The SMILES string of the molecule is CCCCNC(=O)[C@H](CC)N(CCc1ccccc1)C(=O)CN(c1cc(OC)ccc1OC)S(C)(=O)=O. The van der Waals surface area contributed by atoms with Crippen LogP contribution in [0.25, 0.3) is 0 Å². The molecule has 0 spiro atoms. The Morgan fingerprint density at radius 1 is 1.03 bits per heavy atom. The van der Waals surface area contributed by atoms with E-state index in [1.165, 1.54) is 25.2 Å². The van der Waals surface area contributed by atoms with Crippen molar-refractivity contribution in [3.05, 3.63) is 54.1 Å². The van der Waals surface area contributed by atoms with E-state index in [9.17, 15) is 18.0 Å². The lowest BCUT2D eigenvalue weighted by molar-refractivity contribution is -0.139. The number of unbranched alkanes of at least 4 members (excludes halogenated alkanes) is 1. The second kappa shape index (κ2) is 14.5. The molecule has 2 amide bonds. The van der Waals surface area contributed by atoms with E-state index >= 15 is 0 Å². The van der Waals surface area contributed by atoms with Crippen LogP contribution in [-0.2, 0) is 26.0 Å². The third-order valence-corrected chi connectivity index (χ3v) is 7.16. The molecule has 0 bridgehead atoms. The van der Waals surface area contributed by atoms with Crippen molar-refractivity contribution in [3.63, 3.8) is 0 Å². The average Bonchev–Trinajstić information content (AvgIpc) is 2.89. The predicted octanol–water partition coefficient (Wildman–Crippen LogP) is 3.24. The fourth-order valence-corrected chi connectivity index (χ4v) is 4.83. The molecule has 2 aromatic rings. The molecule has 0 radical (unpaired) electrons. The van der Waals surface area contributed by atoms with Crippen molar-refractivity contribution in [2.24, 2.45) is 0 Å².